The molecule has 2 rings (SSSR count). The lowest BCUT2D eigenvalue weighted by Crippen LogP contribution is -2.14. The van der Waals surface area contributed by atoms with E-state index in [2.05, 4.69) is 22.4 Å². The Morgan fingerprint density at radius 1 is 1.43 bits per heavy atom. The summed E-state index contributed by atoms with van der Waals surface area (Å²) in [6.07, 6.45) is 7.13. The third kappa shape index (κ3) is 5.33. The number of pyridine rings is 1. The first-order valence-electron chi connectivity index (χ1n) is 8.14. The molecular weight excluding hydrogens is 258 g/mol. The normalized spacial score (nSPS) is 13.6. The third-order valence-electron chi connectivity index (χ3n) is 3.72. The Hall–Kier alpha value is -1.64. The Bertz CT molecular complexity index is 495. The number of hydrogen-bond donors (Lipinski definition) is 2. The summed E-state index contributed by atoms with van der Waals surface area (Å²) in [6, 6.07) is 4.34. The second kappa shape index (κ2) is 9.32. The van der Waals surface area contributed by atoms with Gasteiger partial charge in [-0.25, -0.2) is 4.98 Å². The Labute approximate surface area is 130 Å². The van der Waals surface area contributed by atoms with Gasteiger partial charge in [0.15, 0.2) is 0 Å². The first-order chi connectivity index (χ1) is 10.2. The molecule has 2 heterocycles. The third-order valence-corrected chi connectivity index (χ3v) is 3.72. The van der Waals surface area contributed by atoms with Crippen molar-refractivity contribution in [3.8, 4) is 0 Å². The Kier molecular flexibility index (Phi) is 7.73. The average molecular weight is 289 g/mol. The molecule has 2 N–H and O–H groups in total. The number of nitrogens with one attached hydrogen (secondary N) is 2. The van der Waals surface area contributed by atoms with Crippen molar-refractivity contribution in [3.05, 3.63) is 35.0 Å². The van der Waals surface area contributed by atoms with E-state index < -0.39 is 0 Å². The minimum absolute atomic E-state index is 0. The Morgan fingerprint density at radius 3 is 2.90 bits per heavy atom. The quantitative estimate of drug-likeness (QED) is 0.748. The van der Waals surface area contributed by atoms with Crippen LogP contribution in [0.1, 0.15) is 59.6 Å². The van der Waals surface area contributed by atoms with Crippen LogP contribution in [0, 0.1) is 5.41 Å². The van der Waals surface area contributed by atoms with Crippen LogP contribution in [0.2, 0.25) is 0 Å². The van der Waals surface area contributed by atoms with Crippen LogP contribution in [0.3, 0.4) is 0 Å². The number of rotatable bonds is 5. The van der Waals surface area contributed by atoms with E-state index in [9.17, 15) is 0 Å². The fourth-order valence-corrected chi connectivity index (χ4v) is 2.33. The van der Waals surface area contributed by atoms with Gasteiger partial charge in [0.1, 0.15) is 5.82 Å². The van der Waals surface area contributed by atoms with E-state index in [-0.39, 0.29) is 1.43 Å². The van der Waals surface area contributed by atoms with Crippen molar-refractivity contribution >= 4 is 11.5 Å². The maximum absolute atomic E-state index is 7.91. The molecule has 0 atom stereocenters. The molecule has 3 nitrogen and oxygen atoms in total. The van der Waals surface area contributed by atoms with Gasteiger partial charge in [0.2, 0.25) is 0 Å². The van der Waals surface area contributed by atoms with Gasteiger partial charge in [-0.05, 0) is 63.2 Å². The van der Waals surface area contributed by atoms with Crippen molar-refractivity contribution in [1.82, 2.24) is 4.98 Å². The zero-order valence-electron chi connectivity index (χ0n) is 13.9. The molecule has 0 spiro atoms. The zero-order chi connectivity index (χ0) is 15.7. The summed E-state index contributed by atoms with van der Waals surface area (Å²) in [6.45, 7) is 9.03. The number of aryl methyl sites for hydroxylation is 2. The molecule has 0 fully saturated rings. The van der Waals surface area contributed by atoms with Gasteiger partial charge in [0.25, 0.3) is 0 Å². The first kappa shape index (κ1) is 17.4. The predicted octanol–water partition coefficient (Wildman–Crippen LogP) is 5.02. The van der Waals surface area contributed by atoms with Crippen LogP contribution >= 0.6 is 0 Å². The summed E-state index contributed by atoms with van der Waals surface area (Å²) in [5, 5.41) is 11.3. The smallest absolute Gasteiger partial charge is 0.129 e. The fraction of sp³-hybridized carbons (Fsp3) is 0.556. The van der Waals surface area contributed by atoms with E-state index >= 15 is 0 Å². The van der Waals surface area contributed by atoms with E-state index in [4.69, 9.17) is 5.41 Å². The van der Waals surface area contributed by atoms with Crippen molar-refractivity contribution in [2.45, 2.75) is 59.8 Å². The molecule has 1 aromatic rings. The average Bonchev–Trinajstić information content (AvgIpc) is 2.55. The molecule has 0 saturated carbocycles. The van der Waals surface area contributed by atoms with E-state index in [0.717, 1.165) is 55.0 Å². The summed E-state index contributed by atoms with van der Waals surface area (Å²) < 4.78 is 0. The standard InChI is InChI=1S/C16H23N3.C2H6.H2/c1-3-12(2)15(17)8-4-7-14-10-9-13-6-5-11-18-16(13)19-14;1-2;/h3,9-10,17H,4-8,11H2,1-2H3,(H,18,19);1-2H3;1H/b12-3-,17-15?;;. The SMILES string of the molecule is C/C=C(/C)C(=N)CCCc1ccc2c(n1)NCCC2.CC.[HH]. The molecule has 0 aliphatic carbocycles. The number of nitrogens with zero attached hydrogens (tertiary/aromatic N) is 1. The van der Waals surface area contributed by atoms with Crippen LogP contribution in [0.4, 0.5) is 5.82 Å². The molecule has 1 aliphatic rings. The van der Waals surface area contributed by atoms with Crippen molar-refractivity contribution in [2.75, 3.05) is 11.9 Å². The van der Waals surface area contributed by atoms with Crippen LogP contribution in [-0.4, -0.2) is 17.2 Å². The summed E-state index contributed by atoms with van der Waals surface area (Å²) in [5.41, 5.74) is 4.31. The first-order valence-corrected chi connectivity index (χ1v) is 8.14. The van der Waals surface area contributed by atoms with Crippen LogP contribution in [0.15, 0.2) is 23.8 Å². The Morgan fingerprint density at radius 2 is 2.19 bits per heavy atom. The number of allylic oxidation sites excluding steroid dienone is 2. The number of hydrogen-bond acceptors (Lipinski definition) is 3. The van der Waals surface area contributed by atoms with Gasteiger partial charge in [-0.3, -0.25) is 0 Å². The molecule has 0 bridgehead atoms. The Balaban J connectivity index is 0.00000141. The molecule has 0 unspecified atom stereocenters. The zero-order valence-corrected chi connectivity index (χ0v) is 13.9. The number of aromatic nitrogens is 1. The monoisotopic (exact) mass is 289 g/mol. The van der Waals surface area contributed by atoms with Crippen molar-refractivity contribution in [1.29, 1.82) is 5.41 Å². The van der Waals surface area contributed by atoms with Crippen LogP contribution in [-0.2, 0) is 12.8 Å². The topological polar surface area (TPSA) is 48.8 Å². The van der Waals surface area contributed by atoms with Gasteiger partial charge in [0.05, 0.1) is 0 Å². The summed E-state index contributed by atoms with van der Waals surface area (Å²) in [7, 11) is 0. The maximum Gasteiger partial charge on any atom is 0.129 e. The highest BCUT2D eigenvalue weighted by Gasteiger charge is 2.10. The van der Waals surface area contributed by atoms with Gasteiger partial charge in [-0.2, -0.15) is 0 Å². The van der Waals surface area contributed by atoms with E-state index in [1.165, 1.54) is 12.0 Å². The van der Waals surface area contributed by atoms with Crippen LogP contribution < -0.4 is 5.32 Å². The van der Waals surface area contributed by atoms with Crippen molar-refractivity contribution in [3.63, 3.8) is 0 Å². The summed E-state index contributed by atoms with van der Waals surface area (Å²) >= 11 is 0. The maximum atomic E-state index is 7.91. The molecule has 1 aliphatic heterocycles. The van der Waals surface area contributed by atoms with E-state index in [1.807, 2.05) is 33.8 Å². The van der Waals surface area contributed by atoms with Gasteiger partial charge in [-0.15, -0.1) is 0 Å². The minimum Gasteiger partial charge on any atom is -0.370 e. The lowest BCUT2D eigenvalue weighted by molar-refractivity contribution is 0.793. The van der Waals surface area contributed by atoms with Gasteiger partial charge < -0.3 is 10.7 Å². The van der Waals surface area contributed by atoms with Gasteiger partial charge >= 0.3 is 0 Å². The molecule has 0 amide bonds. The highest BCUT2D eigenvalue weighted by Crippen LogP contribution is 2.20. The lowest BCUT2D eigenvalue weighted by atomic mass is 10.0. The predicted molar refractivity (Wildman–Crippen MR) is 94.6 cm³/mol. The van der Waals surface area contributed by atoms with Crippen molar-refractivity contribution < 1.29 is 1.43 Å². The fourth-order valence-electron chi connectivity index (χ4n) is 2.33. The molecule has 21 heavy (non-hydrogen) atoms. The largest absolute Gasteiger partial charge is 0.370 e. The molecule has 0 aromatic carbocycles. The van der Waals surface area contributed by atoms with E-state index in [1.54, 1.807) is 0 Å². The highest BCUT2D eigenvalue weighted by molar-refractivity contribution is 5.96. The summed E-state index contributed by atoms with van der Waals surface area (Å²) in [5.74, 6) is 1.07. The highest BCUT2D eigenvalue weighted by atomic mass is 15.0. The van der Waals surface area contributed by atoms with Gasteiger partial charge in [-0.1, -0.05) is 26.0 Å². The van der Waals surface area contributed by atoms with Crippen LogP contribution in [0.5, 0.6) is 0 Å². The molecule has 1 aromatic heterocycles. The van der Waals surface area contributed by atoms with Crippen molar-refractivity contribution in [2.24, 2.45) is 0 Å². The summed E-state index contributed by atoms with van der Waals surface area (Å²) in [4.78, 5) is 4.68. The second-order valence-corrected chi connectivity index (χ2v) is 5.14. The molecule has 3 heteroatoms. The lowest BCUT2D eigenvalue weighted by Gasteiger charge is -2.17. The van der Waals surface area contributed by atoms with E-state index in [0.29, 0.717) is 0 Å². The minimum atomic E-state index is 0. The molecule has 0 radical (unpaired) electrons. The molecule has 118 valence electrons. The van der Waals surface area contributed by atoms with Crippen LogP contribution in [0.25, 0.3) is 0 Å². The number of fused-ring (bicyclic) bond motifs is 1. The second-order valence-electron chi connectivity index (χ2n) is 5.14. The number of anilines is 1. The van der Waals surface area contributed by atoms with Gasteiger partial charge in [0, 0.05) is 19.4 Å². The molecule has 0 saturated heterocycles. The molecular formula is C18H31N3.